The molecule has 0 radical (unpaired) electrons. The zero-order valence-corrected chi connectivity index (χ0v) is 11.2. The van der Waals surface area contributed by atoms with Crippen molar-refractivity contribution in [3.8, 4) is 0 Å². The molecule has 2 amide bonds. The zero-order valence-electron chi connectivity index (χ0n) is 11.2. The van der Waals surface area contributed by atoms with E-state index in [4.69, 9.17) is 0 Å². The van der Waals surface area contributed by atoms with Crippen LogP contribution in [0.5, 0.6) is 0 Å². The molecule has 0 heterocycles. The minimum atomic E-state index is -0.164. The number of aryl methyl sites for hydroxylation is 1. The molecule has 0 saturated heterocycles. The van der Waals surface area contributed by atoms with Gasteiger partial charge in [0.05, 0.1) is 6.54 Å². The molecule has 0 spiro atoms. The summed E-state index contributed by atoms with van der Waals surface area (Å²) in [6, 6.07) is 9.81. The molecule has 5 heteroatoms. The lowest BCUT2D eigenvalue weighted by molar-refractivity contribution is -0.126. The summed E-state index contributed by atoms with van der Waals surface area (Å²) in [6.45, 7) is 1.32. The largest absolute Gasteiger partial charge is 0.353 e. The number of hydrogen-bond acceptors (Lipinski definition) is 3. The van der Waals surface area contributed by atoms with E-state index >= 15 is 0 Å². The van der Waals surface area contributed by atoms with E-state index in [0.717, 1.165) is 5.56 Å². The van der Waals surface area contributed by atoms with Gasteiger partial charge in [-0.1, -0.05) is 30.3 Å². The van der Waals surface area contributed by atoms with Crippen molar-refractivity contribution in [2.24, 2.45) is 0 Å². The molecule has 0 fully saturated rings. The molecule has 0 saturated carbocycles. The van der Waals surface area contributed by atoms with Gasteiger partial charge in [0.1, 0.15) is 0 Å². The van der Waals surface area contributed by atoms with Crippen molar-refractivity contribution < 1.29 is 9.59 Å². The fourth-order valence-electron chi connectivity index (χ4n) is 1.56. The summed E-state index contributed by atoms with van der Waals surface area (Å²) in [5.74, 6) is -0.268. The SMILES string of the molecule is CNCCNC(=O)CNC(=O)CCc1ccccc1. The van der Waals surface area contributed by atoms with Crippen molar-refractivity contribution in [3.05, 3.63) is 35.9 Å². The average Bonchev–Trinajstić information content (AvgIpc) is 2.44. The van der Waals surface area contributed by atoms with Gasteiger partial charge in [-0.3, -0.25) is 9.59 Å². The number of rotatable bonds is 8. The number of likely N-dealkylation sites (N-methyl/N-ethyl adjacent to an activating group) is 1. The minimum Gasteiger partial charge on any atom is -0.353 e. The van der Waals surface area contributed by atoms with Gasteiger partial charge in [-0.2, -0.15) is 0 Å². The van der Waals surface area contributed by atoms with Crippen LogP contribution in [-0.2, 0) is 16.0 Å². The maximum Gasteiger partial charge on any atom is 0.239 e. The standard InChI is InChI=1S/C14H21N3O2/c1-15-9-10-16-14(19)11-17-13(18)8-7-12-5-3-2-4-6-12/h2-6,15H,7-11H2,1H3,(H,16,19)(H,17,18). The Balaban J connectivity index is 2.12. The van der Waals surface area contributed by atoms with Crippen LogP contribution in [0.3, 0.4) is 0 Å². The first-order valence-corrected chi connectivity index (χ1v) is 6.44. The normalized spacial score (nSPS) is 9.95. The van der Waals surface area contributed by atoms with Crippen LogP contribution in [0, 0.1) is 0 Å². The highest BCUT2D eigenvalue weighted by Gasteiger charge is 2.05. The summed E-state index contributed by atoms with van der Waals surface area (Å²) in [4.78, 5) is 22.9. The van der Waals surface area contributed by atoms with Crippen LogP contribution in [0.4, 0.5) is 0 Å². The maximum absolute atomic E-state index is 11.5. The number of nitrogens with one attached hydrogen (secondary N) is 3. The molecule has 0 aliphatic heterocycles. The Bertz CT molecular complexity index is 393. The van der Waals surface area contributed by atoms with Crippen LogP contribution in [0.25, 0.3) is 0 Å². The fourth-order valence-corrected chi connectivity index (χ4v) is 1.56. The molecule has 1 aromatic rings. The van der Waals surface area contributed by atoms with Crippen molar-refractivity contribution in [1.29, 1.82) is 0 Å². The van der Waals surface area contributed by atoms with Crippen LogP contribution in [0.1, 0.15) is 12.0 Å². The maximum atomic E-state index is 11.5. The topological polar surface area (TPSA) is 70.2 Å². The van der Waals surface area contributed by atoms with E-state index in [9.17, 15) is 9.59 Å². The molecule has 19 heavy (non-hydrogen) atoms. The van der Waals surface area contributed by atoms with E-state index in [1.807, 2.05) is 37.4 Å². The summed E-state index contributed by atoms with van der Waals surface area (Å²) in [5.41, 5.74) is 1.12. The summed E-state index contributed by atoms with van der Waals surface area (Å²) in [7, 11) is 1.82. The molecule has 0 bridgehead atoms. The highest BCUT2D eigenvalue weighted by molar-refractivity contribution is 5.84. The molecule has 104 valence electrons. The van der Waals surface area contributed by atoms with Crippen LogP contribution in [0.2, 0.25) is 0 Å². The summed E-state index contributed by atoms with van der Waals surface area (Å²) < 4.78 is 0. The Labute approximate surface area is 113 Å². The number of benzene rings is 1. The highest BCUT2D eigenvalue weighted by Crippen LogP contribution is 2.01. The van der Waals surface area contributed by atoms with Crippen LogP contribution >= 0.6 is 0 Å². The van der Waals surface area contributed by atoms with Crippen molar-refractivity contribution >= 4 is 11.8 Å². The number of carbonyl (C=O) groups excluding carboxylic acids is 2. The second kappa shape index (κ2) is 9.10. The molecule has 5 nitrogen and oxygen atoms in total. The fraction of sp³-hybridized carbons (Fsp3) is 0.429. The monoisotopic (exact) mass is 263 g/mol. The van der Waals surface area contributed by atoms with Crippen LogP contribution in [-0.4, -0.2) is 38.5 Å². The third-order valence-electron chi connectivity index (χ3n) is 2.63. The van der Waals surface area contributed by atoms with Gasteiger partial charge < -0.3 is 16.0 Å². The zero-order chi connectivity index (χ0) is 13.9. The number of hydrogen-bond donors (Lipinski definition) is 3. The summed E-state index contributed by atoms with van der Waals surface area (Å²) >= 11 is 0. The molecule has 0 unspecified atom stereocenters. The first-order chi connectivity index (χ1) is 9.22. The van der Waals surface area contributed by atoms with E-state index in [1.54, 1.807) is 0 Å². The van der Waals surface area contributed by atoms with Gasteiger partial charge in [-0.25, -0.2) is 0 Å². The Hall–Kier alpha value is -1.88. The second-order valence-corrected chi connectivity index (χ2v) is 4.22. The molecule has 1 aromatic carbocycles. The van der Waals surface area contributed by atoms with Crippen LogP contribution < -0.4 is 16.0 Å². The molecule has 0 aliphatic rings. The van der Waals surface area contributed by atoms with Gasteiger partial charge in [-0.05, 0) is 19.0 Å². The Kier molecular flexibility index (Phi) is 7.27. The van der Waals surface area contributed by atoms with E-state index in [0.29, 0.717) is 25.9 Å². The summed E-state index contributed by atoms with van der Waals surface area (Å²) in [6.07, 6.45) is 1.09. The molecule has 0 atom stereocenters. The lowest BCUT2D eigenvalue weighted by Gasteiger charge is -2.06. The highest BCUT2D eigenvalue weighted by atomic mass is 16.2. The Morgan fingerprint density at radius 2 is 1.74 bits per heavy atom. The first kappa shape index (κ1) is 15.2. The van der Waals surface area contributed by atoms with Crippen molar-refractivity contribution in [2.45, 2.75) is 12.8 Å². The summed E-state index contributed by atoms with van der Waals surface area (Å²) in [5, 5.41) is 8.23. The predicted octanol–water partition coefficient (Wildman–Crippen LogP) is 0.0710. The smallest absolute Gasteiger partial charge is 0.239 e. The third-order valence-corrected chi connectivity index (χ3v) is 2.63. The van der Waals surface area contributed by atoms with Gasteiger partial charge in [-0.15, -0.1) is 0 Å². The number of carbonyl (C=O) groups is 2. The molecule has 0 aliphatic carbocycles. The van der Waals surface area contributed by atoms with Gasteiger partial charge >= 0.3 is 0 Å². The first-order valence-electron chi connectivity index (χ1n) is 6.44. The quantitative estimate of drug-likeness (QED) is 0.581. The van der Waals surface area contributed by atoms with Gasteiger partial charge in [0.15, 0.2) is 0 Å². The van der Waals surface area contributed by atoms with Gasteiger partial charge in [0.25, 0.3) is 0 Å². The Morgan fingerprint density at radius 3 is 2.42 bits per heavy atom. The number of amides is 2. The average molecular weight is 263 g/mol. The molecular formula is C14H21N3O2. The predicted molar refractivity (Wildman–Crippen MR) is 74.7 cm³/mol. The van der Waals surface area contributed by atoms with E-state index in [2.05, 4.69) is 16.0 Å². The Morgan fingerprint density at radius 1 is 1.00 bits per heavy atom. The molecule has 3 N–H and O–H groups in total. The van der Waals surface area contributed by atoms with E-state index in [1.165, 1.54) is 0 Å². The van der Waals surface area contributed by atoms with E-state index < -0.39 is 0 Å². The molecular weight excluding hydrogens is 242 g/mol. The van der Waals surface area contributed by atoms with Crippen molar-refractivity contribution in [1.82, 2.24) is 16.0 Å². The lowest BCUT2D eigenvalue weighted by Crippen LogP contribution is -2.39. The molecule has 0 aromatic heterocycles. The van der Waals surface area contributed by atoms with Crippen LogP contribution in [0.15, 0.2) is 30.3 Å². The minimum absolute atomic E-state index is 0.0390. The van der Waals surface area contributed by atoms with Crippen molar-refractivity contribution in [2.75, 3.05) is 26.7 Å². The third kappa shape index (κ3) is 7.21. The van der Waals surface area contributed by atoms with Gasteiger partial charge in [0, 0.05) is 19.5 Å². The lowest BCUT2D eigenvalue weighted by atomic mass is 10.1. The second-order valence-electron chi connectivity index (χ2n) is 4.22. The van der Waals surface area contributed by atoms with E-state index in [-0.39, 0.29) is 18.4 Å². The molecule has 1 rings (SSSR count). The van der Waals surface area contributed by atoms with Gasteiger partial charge in [0.2, 0.25) is 11.8 Å². The van der Waals surface area contributed by atoms with Crippen molar-refractivity contribution in [3.63, 3.8) is 0 Å².